The van der Waals surface area contributed by atoms with E-state index in [1.54, 1.807) is 14.2 Å². The van der Waals surface area contributed by atoms with Gasteiger partial charge in [0.25, 0.3) is 0 Å². The molecule has 0 radical (unpaired) electrons. The largest absolute Gasteiger partial charge is 0.493 e. The van der Waals surface area contributed by atoms with Crippen molar-refractivity contribution in [1.82, 2.24) is 9.88 Å². The maximum atomic E-state index is 11.8. The van der Waals surface area contributed by atoms with Gasteiger partial charge in [-0.2, -0.15) is 0 Å². The third-order valence-corrected chi connectivity index (χ3v) is 6.41. The molecule has 184 valence electrons. The summed E-state index contributed by atoms with van der Waals surface area (Å²) in [5.74, 6) is 0.470. The second-order valence-electron chi connectivity index (χ2n) is 8.86. The van der Waals surface area contributed by atoms with Crippen molar-refractivity contribution in [3.8, 4) is 17.2 Å². The Hall–Kier alpha value is -3.58. The molecule has 7 heteroatoms. The summed E-state index contributed by atoms with van der Waals surface area (Å²) in [4.78, 5) is 18.7. The number of carboxylic acid groups (broad SMARTS) is 1. The predicted octanol–water partition coefficient (Wildman–Crippen LogP) is 4.87. The van der Waals surface area contributed by atoms with Crippen LogP contribution in [0.2, 0.25) is 0 Å². The minimum absolute atomic E-state index is 0.247. The fourth-order valence-corrected chi connectivity index (χ4v) is 4.58. The van der Waals surface area contributed by atoms with E-state index in [0.29, 0.717) is 36.8 Å². The Kier molecular flexibility index (Phi) is 7.87. The lowest BCUT2D eigenvalue weighted by Gasteiger charge is -2.37. The third kappa shape index (κ3) is 5.74. The minimum Gasteiger partial charge on any atom is -0.493 e. The summed E-state index contributed by atoms with van der Waals surface area (Å²) in [6.07, 6.45) is 3.33. The summed E-state index contributed by atoms with van der Waals surface area (Å²) in [6.45, 7) is 3.60. The monoisotopic (exact) mass is 476 g/mol. The Morgan fingerprint density at radius 3 is 2.43 bits per heavy atom. The molecule has 3 aromatic rings. The molecule has 0 spiro atoms. The molecule has 1 N–H and O–H groups in total. The number of carbonyl (C=O) groups is 1. The number of aliphatic carboxylic acids is 1. The second-order valence-corrected chi connectivity index (χ2v) is 8.86. The van der Waals surface area contributed by atoms with E-state index in [-0.39, 0.29) is 6.04 Å². The Bertz CT molecular complexity index is 1110. The van der Waals surface area contributed by atoms with Gasteiger partial charge in [-0.3, -0.25) is 14.7 Å². The van der Waals surface area contributed by atoms with Gasteiger partial charge in [-0.1, -0.05) is 36.4 Å². The van der Waals surface area contributed by atoms with Crippen LogP contribution < -0.4 is 14.2 Å². The molecular formula is C28H32N2O5. The highest BCUT2D eigenvalue weighted by Crippen LogP contribution is 2.43. The van der Waals surface area contributed by atoms with E-state index >= 15 is 0 Å². The quantitative estimate of drug-likeness (QED) is 0.472. The van der Waals surface area contributed by atoms with Crippen LogP contribution in [-0.2, 0) is 11.4 Å². The fourth-order valence-electron chi connectivity index (χ4n) is 4.58. The third-order valence-electron chi connectivity index (χ3n) is 6.41. The van der Waals surface area contributed by atoms with E-state index in [1.165, 1.54) is 0 Å². The van der Waals surface area contributed by atoms with Gasteiger partial charge in [0.15, 0.2) is 11.5 Å². The van der Waals surface area contributed by atoms with Crippen molar-refractivity contribution in [2.75, 3.05) is 27.3 Å². The molecule has 1 saturated heterocycles. The number of methoxy groups -OCH3 is 2. The van der Waals surface area contributed by atoms with Crippen molar-refractivity contribution in [3.05, 3.63) is 83.2 Å². The number of hydrogen-bond donors (Lipinski definition) is 1. The molecule has 2 unspecified atom stereocenters. The molecule has 4 rings (SSSR count). The number of aromatic nitrogens is 1. The molecule has 2 atom stereocenters. The molecule has 35 heavy (non-hydrogen) atoms. The molecule has 0 aliphatic carbocycles. The lowest BCUT2D eigenvalue weighted by molar-refractivity contribution is -0.143. The molecule has 1 aliphatic heterocycles. The molecule has 0 amide bonds. The number of ether oxygens (including phenoxy) is 3. The zero-order chi connectivity index (χ0) is 24.8. The minimum atomic E-state index is -0.759. The van der Waals surface area contributed by atoms with Gasteiger partial charge in [-0.15, -0.1) is 0 Å². The Labute approximate surface area is 206 Å². The zero-order valence-corrected chi connectivity index (χ0v) is 20.4. The Morgan fingerprint density at radius 1 is 1.11 bits per heavy atom. The number of piperidine rings is 1. The number of aryl methyl sites for hydroxylation is 1. The van der Waals surface area contributed by atoms with Crippen LogP contribution >= 0.6 is 0 Å². The van der Waals surface area contributed by atoms with Crippen LogP contribution in [0.15, 0.2) is 60.8 Å². The Balaban J connectivity index is 1.73. The van der Waals surface area contributed by atoms with Gasteiger partial charge in [0, 0.05) is 12.7 Å². The van der Waals surface area contributed by atoms with Crippen LogP contribution in [0.4, 0.5) is 0 Å². The molecule has 7 nitrogen and oxygen atoms in total. The SMILES string of the molecule is COc1cc(C(c2ccc(C)cn2)N2CCCC(C(=O)O)C2)cc(OC)c1OCc1ccccc1. The molecular weight excluding hydrogens is 444 g/mol. The van der Waals surface area contributed by atoms with Crippen LogP contribution in [0.25, 0.3) is 0 Å². The summed E-state index contributed by atoms with van der Waals surface area (Å²) in [6, 6.07) is 17.6. The normalized spacial score (nSPS) is 16.9. The highest BCUT2D eigenvalue weighted by atomic mass is 16.5. The average molecular weight is 477 g/mol. The van der Waals surface area contributed by atoms with E-state index in [9.17, 15) is 9.90 Å². The van der Waals surface area contributed by atoms with Crippen molar-refractivity contribution >= 4 is 5.97 Å². The summed E-state index contributed by atoms with van der Waals surface area (Å²) >= 11 is 0. The van der Waals surface area contributed by atoms with Gasteiger partial charge < -0.3 is 19.3 Å². The van der Waals surface area contributed by atoms with E-state index in [2.05, 4.69) is 4.90 Å². The van der Waals surface area contributed by atoms with Gasteiger partial charge >= 0.3 is 5.97 Å². The second kappa shape index (κ2) is 11.2. The first-order chi connectivity index (χ1) is 17.0. The molecule has 1 aromatic heterocycles. The standard InChI is InChI=1S/C28H32N2O5/c1-19-11-12-23(29-16-19)26(30-13-7-10-21(17-30)28(31)32)22-14-24(33-2)27(25(15-22)34-3)35-18-20-8-5-4-6-9-20/h4-6,8-9,11-12,14-16,21,26H,7,10,13,17-18H2,1-3H3,(H,31,32). The topological polar surface area (TPSA) is 81.1 Å². The van der Waals surface area contributed by atoms with Gasteiger partial charge in [0.1, 0.15) is 6.61 Å². The van der Waals surface area contributed by atoms with Crippen LogP contribution in [-0.4, -0.2) is 48.3 Å². The highest BCUT2D eigenvalue weighted by molar-refractivity contribution is 5.70. The lowest BCUT2D eigenvalue weighted by Crippen LogP contribution is -2.41. The lowest BCUT2D eigenvalue weighted by atomic mass is 9.93. The molecule has 1 aliphatic rings. The van der Waals surface area contributed by atoms with Crippen molar-refractivity contribution in [2.45, 2.75) is 32.4 Å². The van der Waals surface area contributed by atoms with Crippen molar-refractivity contribution < 1.29 is 24.1 Å². The van der Waals surface area contributed by atoms with E-state index in [0.717, 1.165) is 35.3 Å². The molecule has 1 fully saturated rings. The summed E-state index contributed by atoms with van der Waals surface area (Å²) in [7, 11) is 3.21. The van der Waals surface area contributed by atoms with Gasteiger partial charge in [0.2, 0.25) is 5.75 Å². The maximum Gasteiger partial charge on any atom is 0.307 e. The predicted molar refractivity (Wildman–Crippen MR) is 133 cm³/mol. The first-order valence-electron chi connectivity index (χ1n) is 11.8. The summed E-state index contributed by atoms with van der Waals surface area (Å²) in [5, 5.41) is 9.67. The van der Waals surface area contributed by atoms with Crippen LogP contribution in [0, 0.1) is 12.8 Å². The van der Waals surface area contributed by atoms with Crippen molar-refractivity contribution in [2.24, 2.45) is 5.92 Å². The number of benzene rings is 2. The number of carboxylic acids is 1. The molecule has 0 saturated carbocycles. The maximum absolute atomic E-state index is 11.8. The van der Waals surface area contributed by atoms with Crippen molar-refractivity contribution in [3.63, 3.8) is 0 Å². The van der Waals surface area contributed by atoms with Crippen molar-refractivity contribution in [1.29, 1.82) is 0 Å². The van der Waals surface area contributed by atoms with Gasteiger partial charge in [-0.25, -0.2) is 0 Å². The van der Waals surface area contributed by atoms with E-state index in [1.807, 2.05) is 67.7 Å². The molecule has 2 aromatic carbocycles. The van der Waals surface area contributed by atoms with Crippen LogP contribution in [0.1, 0.15) is 41.3 Å². The summed E-state index contributed by atoms with van der Waals surface area (Å²) < 4.78 is 17.6. The molecule has 2 heterocycles. The smallest absolute Gasteiger partial charge is 0.307 e. The fraction of sp³-hybridized carbons (Fsp3) is 0.357. The van der Waals surface area contributed by atoms with E-state index < -0.39 is 11.9 Å². The number of nitrogens with zero attached hydrogens (tertiary/aromatic N) is 2. The highest BCUT2D eigenvalue weighted by Gasteiger charge is 2.33. The first kappa shape index (κ1) is 24.5. The van der Waals surface area contributed by atoms with Crippen LogP contribution in [0.3, 0.4) is 0 Å². The Morgan fingerprint density at radius 2 is 1.83 bits per heavy atom. The number of likely N-dealkylation sites (tertiary alicyclic amines) is 1. The van der Waals surface area contributed by atoms with Gasteiger partial charge in [-0.05, 0) is 61.2 Å². The number of hydrogen-bond acceptors (Lipinski definition) is 6. The zero-order valence-electron chi connectivity index (χ0n) is 20.4. The average Bonchev–Trinajstić information content (AvgIpc) is 2.89. The number of pyridine rings is 1. The molecule has 0 bridgehead atoms. The van der Waals surface area contributed by atoms with E-state index in [4.69, 9.17) is 19.2 Å². The number of rotatable bonds is 9. The van der Waals surface area contributed by atoms with Gasteiger partial charge in [0.05, 0.1) is 31.9 Å². The summed E-state index contributed by atoms with van der Waals surface area (Å²) in [5.41, 5.74) is 3.86. The van der Waals surface area contributed by atoms with Crippen LogP contribution in [0.5, 0.6) is 17.2 Å². The first-order valence-corrected chi connectivity index (χ1v) is 11.8.